The standard InChI is InChI=1S/C29H30O3/c1-2-3-4-7-17-32-21-15-13-19(14-16-21)27-26-20(9-8-12-25(26)30)18-24-22-10-5-6-11-23(22)29(31)28(24)27/h5-6,10-11,13-16,27H,2-4,7-9,12,17-18H2,1H3. The van der Waals surface area contributed by atoms with Crippen LogP contribution >= 0.6 is 0 Å². The molecule has 32 heavy (non-hydrogen) atoms. The van der Waals surface area contributed by atoms with E-state index in [2.05, 4.69) is 13.0 Å². The number of carbonyl (C=O) groups excluding carboxylic acids is 2. The molecule has 0 bridgehead atoms. The Kier molecular flexibility index (Phi) is 5.82. The molecular formula is C29H30O3. The van der Waals surface area contributed by atoms with Gasteiger partial charge in [-0.3, -0.25) is 9.59 Å². The molecule has 0 fully saturated rings. The van der Waals surface area contributed by atoms with Crippen LogP contribution in [0, 0.1) is 0 Å². The minimum atomic E-state index is -0.264. The van der Waals surface area contributed by atoms with Gasteiger partial charge in [0.05, 0.1) is 6.61 Å². The van der Waals surface area contributed by atoms with Crippen molar-refractivity contribution < 1.29 is 14.3 Å². The molecule has 5 rings (SSSR count). The molecule has 164 valence electrons. The van der Waals surface area contributed by atoms with Crippen LogP contribution in [0.1, 0.15) is 85.7 Å². The van der Waals surface area contributed by atoms with Crippen LogP contribution in [0.3, 0.4) is 0 Å². The van der Waals surface area contributed by atoms with Crippen LogP contribution in [-0.2, 0) is 4.79 Å². The van der Waals surface area contributed by atoms with Gasteiger partial charge >= 0.3 is 0 Å². The van der Waals surface area contributed by atoms with Gasteiger partial charge in [0.15, 0.2) is 11.6 Å². The van der Waals surface area contributed by atoms with Gasteiger partial charge in [-0.1, -0.05) is 68.2 Å². The molecule has 3 aliphatic carbocycles. The van der Waals surface area contributed by atoms with Crippen molar-refractivity contribution >= 4 is 17.1 Å². The van der Waals surface area contributed by atoms with Crippen LogP contribution in [-0.4, -0.2) is 18.2 Å². The summed E-state index contributed by atoms with van der Waals surface area (Å²) in [5.74, 6) is 0.880. The summed E-state index contributed by atoms with van der Waals surface area (Å²) in [5, 5.41) is 0. The Morgan fingerprint density at radius 2 is 1.66 bits per heavy atom. The fraction of sp³-hybridized carbons (Fsp3) is 0.379. The fourth-order valence-electron chi connectivity index (χ4n) is 5.51. The summed E-state index contributed by atoms with van der Waals surface area (Å²) in [7, 11) is 0. The van der Waals surface area contributed by atoms with Crippen LogP contribution in [0.4, 0.5) is 0 Å². The smallest absolute Gasteiger partial charge is 0.190 e. The summed E-state index contributed by atoms with van der Waals surface area (Å²) in [6.07, 6.45) is 7.88. The van der Waals surface area contributed by atoms with Crippen LogP contribution in [0.15, 0.2) is 65.3 Å². The highest BCUT2D eigenvalue weighted by Gasteiger charge is 2.43. The van der Waals surface area contributed by atoms with E-state index in [1.54, 1.807) is 0 Å². The predicted molar refractivity (Wildman–Crippen MR) is 127 cm³/mol. The van der Waals surface area contributed by atoms with Crippen molar-refractivity contribution in [3.05, 3.63) is 81.9 Å². The molecule has 0 heterocycles. The maximum atomic E-state index is 13.5. The maximum absolute atomic E-state index is 13.5. The first-order valence-electron chi connectivity index (χ1n) is 12.0. The Bertz CT molecular complexity index is 1120. The van der Waals surface area contributed by atoms with E-state index < -0.39 is 0 Å². The van der Waals surface area contributed by atoms with Crippen molar-refractivity contribution in [2.45, 2.75) is 64.2 Å². The van der Waals surface area contributed by atoms with E-state index >= 15 is 0 Å². The number of carbonyl (C=O) groups is 2. The number of Topliss-reactive ketones (excluding diaryl/α,β-unsaturated/α-hetero) is 2. The third-order valence-corrected chi connectivity index (χ3v) is 7.08. The van der Waals surface area contributed by atoms with Crippen molar-refractivity contribution in [3.63, 3.8) is 0 Å². The van der Waals surface area contributed by atoms with E-state index in [1.165, 1.54) is 24.8 Å². The largest absolute Gasteiger partial charge is 0.494 e. The van der Waals surface area contributed by atoms with Gasteiger partial charge in [-0.25, -0.2) is 0 Å². The molecule has 0 saturated carbocycles. The molecule has 0 radical (unpaired) electrons. The monoisotopic (exact) mass is 426 g/mol. The molecule has 1 atom stereocenters. The van der Waals surface area contributed by atoms with Gasteiger partial charge < -0.3 is 4.74 Å². The lowest BCUT2D eigenvalue weighted by Gasteiger charge is -2.32. The van der Waals surface area contributed by atoms with E-state index in [9.17, 15) is 9.59 Å². The van der Waals surface area contributed by atoms with E-state index in [-0.39, 0.29) is 17.5 Å². The van der Waals surface area contributed by atoms with Gasteiger partial charge in [-0.05, 0) is 54.5 Å². The summed E-state index contributed by atoms with van der Waals surface area (Å²) < 4.78 is 5.92. The molecule has 2 aromatic rings. The van der Waals surface area contributed by atoms with Gasteiger partial charge in [0.2, 0.25) is 0 Å². The average Bonchev–Trinajstić information content (AvgIpc) is 3.10. The second-order valence-corrected chi connectivity index (χ2v) is 9.15. The highest BCUT2D eigenvalue weighted by molar-refractivity contribution is 6.23. The Labute approximate surface area is 190 Å². The van der Waals surface area contributed by atoms with Gasteiger partial charge in [-0.15, -0.1) is 0 Å². The van der Waals surface area contributed by atoms with Crippen molar-refractivity contribution in [1.82, 2.24) is 0 Å². The number of ketones is 2. The molecule has 3 heteroatoms. The topological polar surface area (TPSA) is 43.4 Å². The molecule has 0 saturated heterocycles. The number of ether oxygens (including phenoxy) is 1. The molecule has 0 amide bonds. The van der Waals surface area contributed by atoms with E-state index in [0.29, 0.717) is 6.42 Å². The second kappa shape index (κ2) is 8.90. The molecule has 0 N–H and O–H groups in total. The first-order chi connectivity index (χ1) is 15.7. The van der Waals surface area contributed by atoms with Crippen molar-refractivity contribution in [1.29, 1.82) is 0 Å². The number of hydrogen-bond donors (Lipinski definition) is 0. The lowest BCUT2D eigenvalue weighted by molar-refractivity contribution is -0.116. The number of allylic oxidation sites excluding steroid dienone is 4. The van der Waals surface area contributed by atoms with E-state index in [4.69, 9.17) is 4.74 Å². The quantitative estimate of drug-likeness (QED) is 0.456. The van der Waals surface area contributed by atoms with Crippen LogP contribution < -0.4 is 4.74 Å². The zero-order chi connectivity index (χ0) is 22.1. The Morgan fingerprint density at radius 3 is 2.44 bits per heavy atom. The second-order valence-electron chi connectivity index (χ2n) is 9.15. The number of hydrogen-bond acceptors (Lipinski definition) is 3. The first-order valence-corrected chi connectivity index (χ1v) is 12.0. The van der Waals surface area contributed by atoms with E-state index in [1.807, 2.05) is 42.5 Å². The van der Waals surface area contributed by atoms with Crippen molar-refractivity contribution in [2.24, 2.45) is 0 Å². The van der Waals surface area contributed by atoms with Crippen LogP contribution in [0.2, 0.25) is 0 Å². The van der Waals surface area contributed by atoms with Gasteiger partial charge in [-0.2, -0.15) is 0 Å². The first kappa shape index (κ1) is 20.9. The van der Waals surface area contributed by atoms with Gasteiger partial charge in [0.25, 0.3) is 0 Å². The third-order valence-electron chi connectivity index (χ3n) is 7.08. The molecule has 0 aliphatic heterocycles. The Balaban J connectivity index is 1.48. The SMILES string of the molecule is CCCCCCOc1ccc(C2C3=C(CCCC3=O)CC3=C2C(=O)c2ccccc23)cc1. The van der Waals surface area contributed by atoms with Gasteiger partial charge in [0, 0.05) is 29.0 Å². The summed E-state index contributed by atoms with van der Waals surface area (Å²) >= 11 is 0. The third kappa shape index (κ3) is 3.64. The van der Waals surface area contributed by atoms with Crippen LogP contribution in [0.5, 0.6) is 5.75 Å². The fourth-order valence-corrected chi connectivity index (χ4v) is 5.51. The summed E-state index contributed by atoms with van der Waals surface area (Å²) in [4.78, 5) is 26.5. The average molecular weight is 427 g/mol. The number of unbranched alkanes of at least 4 members (excludes halogenated alkanes) is 3. The highest BCUT2D eigenvalue weighted by atomic mass is 16.5. The number of fused-ring (bicyclic) bond motifs is 2. The zero-order valence-corrected chi connectivity index (χ0v) is 18.8. The molecule has 0 spiro atoms. The van der Waals surface area contributed by atoms with Gasteiger partial charge in [0.1, 0.15) is 5.75 Å². The lowest BCUT2D eigenvalue weighted by Crippen LogP contribution is -2.25. The lowest BCUT2D eigenvalue weighted by atomic mass is 9.69. The van der Waals surface area contributed by atoms with Crippen molar-refractivity contribution in [2.75, 3.05) is 6.61 Å². The minimum Gasteiger partial charge on any atom is -0.494 e. The molecule has 3 nitrogen and oxygen atoms in total. The van der Waals surface area contributed by atoms with Crippen LogP contribution in [0.25, 0.3) is 5.57 Å². The molecule has 1 unspecified atom stereocenters. The maximum Gasteiger partial charge on any atom is 0.190 e. The molecular weight excluding hydrogens is 396 g/mol. The zero-order valence-electron chi connectivity index (χ0n) is 18.8. The number of rotatable bonds is 7. The van der Waals surface area contributed by atoms with E-state index in [0.717, 1.165) is 71.4 Å². The molecule has 2 aromatic carbocycles. The molecule has 3 aliphatic rings. The summed E-state index contributed by atoms with van der Waals surface area (Å²) in [6.45, 7) is 2.93. The highest BCUT2D eigenvalue weighted by Crippen LogP contribution is 2.52. The Hall–Kier alpha value is -2.94. The predicted octanol–water partition coefficient (Wildman–Crippen LogP) is 6.83. The summed E-state index contributed by atoms with van der Waals surface area (Å²) in [5.41, 5.74) is 6.89. The van der Waals surface area contributed by atoms with Crippen molar-refractivity contribution in [3.8, 4) is 5.75 Å². The Morgan fingerprint density at radius 1 is 0.875 bits per heavy atom. The minimum absolute atomic E-state index is 0.0850. The number of benzene rings is 2. The summed E-state index contributed by atoms with van der Waals surface area (Å²) in [6, 6.07) is 16.0. The molecule has 0 aromatic heterocycles. The normalized spacial score (nSPS) is 19.7.